The highest BCUT2D eigenvalue weighted by atomic mass is 19.1. The molecule has 1 aliphatic rings. The number of ether oxygens (including phenoxy) is 1. The number of nitrogens with one attached hydrogen (secondary N) is 1. The summed E-state index contributed by atoms with van der Waals surface area (Å²) >= 11 is 0. The number of para-hydroxylation sites is 1. The lowest BCUT2D eigenvalue weighted by Crippen LogP contribution is -2.32. The summed E-state index contributed by atoms with van der Waals surface area (Å²) in [5.41, 5.74) is 3.50. The van der Waals surface area contributed by atoms with Crippen LogP contribution < -0.4 is 4.74 Å². The zero-order chi connectivity index (χ0) is 25.9. The van der Waals surface area contributed by atoms with Crippen LogP contribution in [0.4, 0.5) is 4.39 Å². The molecule has 1 aliphatic heterocycles. The van der Waals surface area contributed by atoms with Gasteiger partial charge in [-0.3, -0.25) is 0 Å². The summed E-state index contributed by atoms with van der Waals surface area (Å²) in [6, 6.07) is 16.5. The van der Waals surface area contributed by atoms with Gasteiger partial charge in [-0.15, -0.1) is 0 Å². The third-order valence-electron chi connectivity index (χ3n) is 7.06. The molecule has 1 unspecified atom stereocenters. The van der Waals surface area contributed by atoms with Crippen molar-refractivity contribution in [3.8, 4) is 22.9 Å². The van der Waals surface area contributed by atoms with Crippen molar-refractivity contribution < 1.29 is 14.2 Å². The Balaban J connectivity index is 1.48. The molecular weight excluding hydrogens is 469 g/mol. The molecule has 2 aromatic carbocycles. The van der Waals surface area contributed by atoms with Crippen molar-refractivity contribution in [3.63, 3.8) is 0 Å². The molecule has 5 aromatic rings. The van der Waals surface area contributed by atoms with Crippen LogP contribution in [-0.4, -0.2) is 30.0 Å². The first-order chi connectivity index (χ1) is 17.6. The van der Waals surface area contributed by atoms with Gasteiger partial charge < -0.3 is 14.8 Å². The molecule has 0 bridgehead atoms. The van der Waals surface area contributed by atoms with Crippen molar-refractivity contribution in [1.82, 2.24) is 24.9 Å². The number of imidazole rings is 1. The molecule has 2 N–H and O–H groups in total. The average Bonchev–Trinajstić information content (AvgIpc) is 3.32. The minimum Gasteiger partial charge on any atom is -0.435 e. The van der Waals surface area contributed by atoms with Crippen molar-refractivity contribution in [1.29, 1.82) is 0 Å². The molecule has 0 saturated carbocycles. The maximum Gasteiger partial charge on any atom is 0.223 e. The number of fused-ring (bicyclic) bond motifs is 3. The second kappa shape index (κ2) is 8.18. The number of aliphatic hydroxyl groups is 1. The van der Waals surface area contributed by atoms with Gasteiger partial charge >= 0.3 is 0 Å². The van der Waals surface area contributed by atoms with Crippen LogP contribution in [0.15, 0.2) is 67.0 Å². The van der Waals surface area contributed by atoms with Gasteiger partial charge in [0.1, 0.15) is 5.82 Å². The zero-order valence-electron chi connectivity index (χ0n) is 21.0. The van der Waals surface area contributed by atoms with Crippen LogP contribution in [0, 0.1) is 5.82 Å². The van der Waals surface area contributed by atoms with Crippen LogP contribution in [-0.2, 0) is 11.0 Å². The molecule has 0 saturated heterocycles. The molecular formula is C29H26FN5O2. The first kappa shape index (κ1) is 23.2. The standard InChI is InChI=1S/C29H26FN5O2/c1-28(2,27-34-24-25(35-27)32-15-14-31-24)22-18-6-5-7-20(30)23(18)37-26-19(22)12-13-21(33-26)16-8-10-17(11-9-16)29(3,4)36/h5-15,22,36H,1-4H3,(H,31,32,34,35). The molecule has 6 rings (SSSR count). The molecule has 186 valence electrons. The molecule has 0 aliphatic carbocycles. The molecule has 7 nitrogen and oxygen atoms in total. The third kappa shape index (κ3) is 3.84. The summed E-state index contributed by atoms with van der Waals surface area (Å²) in [6.07, 6.45) is 3.22. The maximum atomic E-state index is 15.1. The molecule has 8 heteroatoms. The number of rotatable bonds is 4. The van der Waals surface area contributed by atoms with Gasteiger partial charge in [0.25, 0.3) is 0 Å². The van der Waals surface area contributed by atoms with Crippen molar-refractivity contribution in [2.24, 2.45) is 0 Å². The highest BCUT2D eigenvalue weighted by Crippen LogP contribution is 2.52. The number of hydrogen-bond acceptors (Lipinski definition) is 6. The van der Waals surface area contributed by atoms with Gasteiger partial charge in [0, 0.05) is 40.4 Å². The minimum absolute atomic E-state index is 0.169. The number of halogens is 1. The molecule has 1 atom stereocenters. The maximum absolute atomic E-state index is 15.1. The first-order valence-corrected chi connectivity index (χ1v) is 12.1. The Hall–Kier alpha value is -4.17. The summed E-state index contributed by atoms with van der Waals surface area (Å²) in [7, 11) is 0. The number of pyridine rings is 1. The quantitative estimate of drug-likeness (QED) is 0.318. The lowest BCUT2D eigenvalue weighted by atomic mass is 9.69. The smallest absolute Gasteiger partial charge is 0.223 e. The number of aromatic amines is 1. The van der Waals surface area contributed by atoms with E-state index in [1.807, 2.05) is 42.5 Å². The highest BCUT2D eigenvalue weighted by molar-refractivity contribution is 5.66. The van der Waals surface area contributed by atoms with Crippen LogP contribution in [0.1, 0.15) is 56.1 Å². The third-order valence-corrected chi connectivity index (χ3v) is 7.06. The van der Waals surface area contributed by atoms with Gasteiger partial charge in [-0.2, -0.15) is 0 Å². The van der Waals surface area contributed by atoms with Gasteiger partial charge in [0.2, 0.25) is 5.88 Å². The molecule has 0 amide bonds. The normalized spacial score (nSPS) is 15.2. The van der Waals surface area contributed by atoms with Gasteiger partial charge in [-0.05, 0) is 31.5 Å². The summed E-state index contributed by atoms with van der Waals surface area (Å²) < 4.78 is 21.1. The fourth-order valence-corrected chi connectivity index (χ4v) is 5.05. The molecule has 4 heterocycles. The van der Waals surface area contributed by atoms with E-state index >= 15 is 4.39 Å². The van der Waals surface area contributed by atoms with Crippen LogP contribution in [0.3, 0.4) is 0 Å². The van der Waals surface area contributed by atoms with Gasteiger partial charge in [0.05, 0.1) is 11.3 Å². The Morgan fingerprint density at radius 2 is 1.65 bits per heavy atom. The Labute approximate surface area is 213 Å². The van der Waals surface area contributed by atoms with Crippen molar-refractivity contribution in [2.75, 3.05) is 0 Å². The van der Waals surface area contributed by atoms with Crippen molar-refractivity contribution in [3.05, 3.63) is 95.3 Å². The number of nitrogens with zero attached hydrogens (tertiary/aromatic N) is 4. The van der Waals surface area contributed by atoms with Crippen LogP contribution in [0.25, 0.3) is 22.6 Å². The predicted molar refractivity (Wildman–Crippen MR) is 138 cm³/mol. The van der Waals surface area contributed by atoms with Crippen molar-refractivity contribution >= 4 is 11.3 Å². The monoisotopic (exact) mass is 495 g/mol. The van der Waals surface area contributed by atoms with E-state index in [1.54, 1.807) is 32.3 Å². The average molecular weight is 496 g/mol. The molecule has 0 spiro atoms. The van der Waals surface area contributed by atoms with Crippen molar-refractivity contribution in [2.45, 2.75) is 44.6 Å². The fraction of sp³-hybridized carbons (Fsp3) is 0.241. The molecule has 37 heavy (non-hydrogen) atoms. The Morgan fingerprint density at radius 3 is 2.38 bits per heavy atom. The Morgan fingerprint density at radius 1 is 0.892 bits per heavy atom. The summed E-state index contributed by atoms with van der Waals surface area (Å²) in [6.45, 7) is 7.61. The van der Waals surface area contributed by atoms with Gasteiger partial charge in [-0.1, -0.05) is 56.3 Å². The van der Waals surface area contributed by atoms with E-state index in [4.69, 9.17) is 14.7 Å². The van der Waals surface area contributed by atoms with Crippen LogP contribution in [0.5, 0.6) is 11.6 Å². The van der Waals surface area contributed by atoms with E-state index in [1.165, 1.54) is 6.07 Å². The summed E-state index contributed by atoms with van der Waals surface area (Å²) in [5, 5.41) is 10.3. The van der Waals surface area contributed by atoms with Crippen LogP contribution >= 0.6 is 0 Å². The largest absolute Gasteiger partial charge is 0.435 e. The molecule has 0 radical (unpaired) electrons. The molecule has 0 fully saturated rings. The van der Waals surface area contributed by atoms with E-state index in [2.05, 4.69) is 28.8 Å². The number of H-pyrrole nitrogens is 1. The second-order valence-electron chi connectivity index (χ2n) is 10.5. The fourth-order valence-electron chi connectivity index (χ4n) is 5.05. The second-order valence-corrected chi connectivity index (χ2v) is 10.5. The van der Waals surface area contributed by atoms with E-state index in [9.17, 15) is 5.11 Å². The topological polar surface area (TPSA) is 96.8 Å². The summed E-state index contributed by atoms with van der Waals surface area (Å²) in [4.78, 5) is 21.5. The summed E-state index contributed by atoms with van der Waals surface area (Å²) in [5.74, 6) is 0.461. The lowest BCUT2D eigenvalue weighted by Gasteiger charge is -2.37. The lowest BCUT2D eigenvalue weighted by molar-refractivity contribution is 0.0786. The Kier molecular flexibility index (Phi) is 5.14. The number of aromatic nitrogens is 5. The Bertz CT molecular complexity index is 1600. The molecule has 3 aromatic heterocycles. The minimum atomic E-state index is -0.938. The van der Waals surface area contributed by atoms with Crippen LogP contribution in [0.2, 0.25) is 0 Å². The zero-order valence-corrected chi connectivity index (χ0v) is 21.0. The SMILES string of the molecule is CC(C)(O)c1ccc(-c2ccc3c(n2)Oc2c(F)cccc2C3C(C)(C)c2nc3nccnc3[nH]2)cc1. The predicted octanol–water partition coefficient (Wildman–Crippen LogP) is 6.00. The van der Waals surface area contributed by atoms with E-state index < -0.39 is 16.8 Å². The number of hydrogen-bond donors (Lipinski definition) is 2. The first-order valence-electron chi connectivity index (χ1n) is 12.1. The van der Waals surface area contributed by atoms with E-state index in [0.29, 0.717) is 28.7 Å². The van der Waals surface area contributed by atoms with Gasteiger partial charge in [-0.25, -0.2) is 24.3 Å². The number of benzene rings is 2. The van der Waals surface area contributed by atoms with Gasteiger partial charge in [0.15, 0.2) is 22.9 Å². The van der Waals surface area contributed by atoms with E-state index in [-0.39, 0.29) is 11.7 Å². The van der Waals surface area contributed by atoms with E-state index in [0.717, 1.165) is 22.3 Å². The highest BCUT2D eigenvalue weighted by Gasteiger charge is 2.43.